The highest BCUT2D eigenvalue weighted by molar-refractivity contribution is 6.91. The number of benzene rings is 4. The third-order valence-corrected chi connectivity index (χ3v) is 16.6. The molecule has 4 aromatic rings. The van der Waals surface area contributed by atoms with Crippen LogP contribution in [-0.2, 0) is 37.8 Å². The first-order chi connectivity index (χ1) is 27.5. The zero-order valence-corrected chi connectivity index (χ0v) is 34.5. The Morgan fingerprint density at radius 2 is 1.68 bits per heavy atom. The van der Waals surface area contributed by atoms with Gasteiger partial charge in [0, 0.05) is 30.3 Å². The number of hydrogen-bond donors (Lipinski definition) is 3. The fourth-order valence-electron chi connectivity index (χ4n) is 9.36. The number of aliphatic hydroxyl groups excluding tert-OH is 1. The van der Waals surface area contributed by atoms with Crippen molar-refractivity contribution in [3.8, 4) is 11.5 Å². The highest BCUT2D eigenvalue weighted by Crippen LogP contribution is 2.60. The summed E-state index contributed by atoms with van der Waals surface area (Å²) in [5, 5.41) is 17.5. The summed E-state index contributed by atoms with van der Waals surface area (Å²) in [6, 6.07) is 31.0. The Bertz CT molecular complexity index is 2070. The van der Waals surface area contributed by atoms with E-state index in [1.807, 2.05) is 84.9 Å². The lowest BCUT2D eigenvalue weighted by atomic mass is 9.82. The molecule has 4 aromatic carbocycles. The van der Waals surface area contributed by atoms with E-state index in [4.69, 9.17) is 14.2 Å². The predicted molar refractivity (Wildman–Crippen MR) is 223 cm³/mol. The summed E-state index contributed by atoms with van der Waals surface area (Å²) < 4.78 is 18.5. The molecule has 3 aliphatic heterocycles. The van der Waals surface area contributed by atoms with Crippen molar-refractivity contribution in [2.75, 3.05) is 44.1 Å². The van der Waals surface area contributed by atoms with Crippen LogP contribution in [0.25, 0.3) is 0 Å². The standard InChI is InChI=1S/C45H54N4O7Si/c1-30-42(57(4,5)36-19-16-34(54-2)17-20-36)40(27-41(51)48(23-24-50)28-31-11-7-6-8-12-31)56-45(30)37-26-35(55-3)18-21-39(37)49(44(45)53)29-32-13-9-14-33(25-32)47-43(52)38-15-10-22-46-38/h6-9,11-14,16-21,25-26,30,38,40,42,46,50H,10,15,22-24,27-29H2,1-5H3,(H,47,52)/t30-,38-,40+,42-,45+/m1/s1. The maximum atomic E-state index is 15.4. The Balaban J connectivity index is 1.26. The number of nitrogens with one attached hydrogen (secondary N) is 2. The summed E-state index contributed by atoms with van der Waals surface area (Å²) in [4.78, 5) is 46.2. The summed E-state index contributed by atoms with van der Waals surface area (Å²) in [5.41, 5.74) is 2.33. The van der Waals surface area contributed by atoms with Gasteiger partial charge in [0.05, 0.1) is 59.7 Å². The van der Waals surface area contributed by atoms with E-state index in [-0.39, 0.29) is 61.3 Å². The number of fused-ring (bicyclic) bond motifs is 2. The van der Waals surface area contributed by atoms with Crippen LogP contribution in [0.5, 0.6) is 11.5 Å². The molecule has 7 rings (SSSR count). The van der Waals surface area contributed by atoms with Crippen LogP contribution in [0.15, 0.2) is 97.1 Å². The molecule has 0 unspecified atom stereocenters. The summed E-state index contributed by atoms with van der Waals surface area (Å²) in [5.74, 6) is 0.605. The number of rotatable bonds is 14. The SMILES string of the molecule is COc1ccc([Si](C)(C)[C@H]2[C@H](CC(=O)N(CCO)Cc3ccccc3)O[C@@]3(C(=O)N(Cc4cccc(NC(=O)[C@H]5CCCN5)c4)c4ccc(OC)cc43)[C@@H]2C)cc1. The molecule has 1 spiro atoms. The molecule has 57 heavy (non-hydrogen) atoms. The normalized spacial score (nSPS) is 22.8. The number of aliphatic hydroxyl groups is 1. The van der Waals surface area contributed by atoms with E-state index < -0.39 is 19.8 Å². The van der Waals surface area contributed by atoms with E-state index in [9.17, 15) is 14.7 Å². The third-order valence-electron chi connectivity index (χ3n) is 12.3. The van der Waals surface area contributed by atoms with Crippen molar-refractivity contribution >= 4 is 42.4 Å². The maximum absolute atomic E-state index is 15.4. The van der Waals surface area contributed by atoms with E-state index in [0.717, 1.165) is 47.1 Å². The summed E-state index contributed by atoms with van der Waals surface area (Å²) >= 11 is 0. The highest BCUT2D eigenvalue weighted by atomic mass is 28.3. The Morgan fingerprint density at radius 1 is 0.965 bits per heavy atom. The molecular formula is C45H54N4O7Si. The van der Waals surface area contributed by atoms with Gasteiger partial charge in [-0.2, -0.15) is 0 Å². The van der Waals surface area contributed by atoms with Crippen molar-refractivity contribution in [2.24, 2.45) is 5.92 Å². The summed E-state index contributed by atoms with van der Waals surface area (Å²) in [6.45, 7) is 8.09. The molecule has 2 fully saturated rings. The molecule has 3 aliphatic rings. The quantitative estimate of drug-likeness (QED) is 0.142. The van der Waals surface area contributed by atoms with Crippen LogP contribution < -0.4 is 30.2 Å². The van der Waals surface area contributed by atoms with E-state index in [1.54, 1.807) is 24.0 Å². The van der Waals surface area contributed by atoms with Gasteiger partial charge in [0.25, 0.3) is 5.91 Å². The van der Waals surface area contributed by atoms with E-state index >= 15 is 4.79 Å². The van der Waals surface area contributed by atoms with Crippen LogP contribution in [0.2, 0.25) is 18.6 Å². The fourth-order valence-corrected chi connectivity index (χ4v) is 13.4. The molecule has 3 heterocycles. The number of nitrogens with zero attached hydrogens (tertiary/aromatic N) is 2. The minimum Gasteiger partial charge on any atom is -0.497 e. The largest absolute Gasteiger partial charge is 0.497 e. The van der Waals surface area contributed by atoms with Gasteiger partial charge >= 0.3 is 0 Å². The van der Waals surface area contributed by atoms with Gasteiger partial charge in [-0.1, -0.05) is 79.8 Å². The van der Waals surface area contributed by atoms with E-state index in [0.29, 0.717) is 23.5 Å². The van der Waals surface area contributed by atoms with Crippen LogP contribution in [0, 0.1) is 5.92 Å². The second-order valence-electron chi connectivity index (χ2n) is 16.0. The molecule has 0 bridgehead atoms. The summed E-state index contributed by atoms with van der Waals surface area (Å²) in [6.07, 6.45) is 1.19. The molecule has 0 radical (unpaired) electrons. The Kier molecular flexibility index (Phi) is 11.9. The molecule has 3 amide bonds. The van der Waals surface area contributed by atoms with E-state index in [2.05, 4.69) is 42.8 Å². The van der Waals surface area contributed by atoms with Crippen LogP contribution >= 0.6 is 0 Å². The molecule has 5 atom stereocenters. The van der Waals surface area contributed by atoms with Gasteiger partial charge in [0.15, 0.2) is 5.60 Å². The lowest BCUT2D eigenvalue weighted by Crippen LogP contribution is -2.52. The Hall–Kier alpha value is -5.01. The van der Waals surface area contributed by atoms with E-state index in [1.165, 1.54) is 0 Å². The lowest BCUT2D eigenvalue weighted by Gasteiger charge is -2.37. The van der Waals surface area contributed by atoms with Gasteiger partial charge < -0.3 is 39.8 Å². The molecule has 3 N–H and O–H groups in total. The lowest BCUT2D eigenvalue weighted by molar-refractivity contribution is -0.150. The van der Waals surface area contributed by atoms with Crippen molar-refractivity contribution < 1.29 is 33.7 Å². The van der Waals surface area contributed by atoms with Crippen LogP contribution in [0.4, 0.5) is 11.4 Å². The zero-order valence-electron chi connectivity index (χ0n) is 33.5. The van der Waals surface area contributed by atoms with Crippen LogP contribution in [0.3, 0.4) is 0 Å². The average Bonchev–Trinajstić information content (AvgIpc) is 3.92. The molecule has 0 saturated carbocycles. The van der Waals surface area contributed by atoms with Crippen molar-refractivity contribution in [3.05, 3.63) is 114 Å². The first-order valence-corrected chi connectivity index (χ1v) is 23.0. The number of ether oxygens (including phenoxy) is 3. The smallest absolute Gasteiger partial charge is 0.264 e. The monoisotopic (exact) mass is 790 g/mol. The number of hydrogen-bond acceptors (Lipinski definition) is 8. The molecule has 300 valence electrons. The van der Waals surface area contributed by atoms with Gasteiger partial charge in [0.2, 0.25) is 11.8 Å². The van der Waals surface area contributed by atoms with Gasteiger partial charge in [-0.25, -0.2) is 0 Å². The first-order valence-electron chi connectivity index (χ1n) is 19.9. The maximum Gasteiger partial charge on any atom is 0.264 e. The average molecular weight is 791 g/mol. The minimum atomic E-state index is -2.55. The number of carbonyl (C=O) groups is 3. The zero-order chi connectivity index (χ0) is 40.3. The molecule has 0 aliphatic carbocycles. The molecular weight excluding hydrogens is 737 g/mol. The Morgan fingerprint density at radius 3 is 2.37 bits per heavy atom. The number of carbonyl (C=O) groups excluding carboxylic acids is 3. The molecule has 0 aromatic heterocycles. The Labute approximate surface area is 336 Å². The fraction of sp³-hybridized carbons (Fsp3) is 0.400. The van der Waals surface area contributed by atoms with Crippen LogP contribution in [-0.4, -0.2) is 81.9 Å². The van der Waals surface area contributed by atoms with Gasteiger partial charge in [-0.3, -0.25) is 14.4 Å². The summed E-state index contributed by atoms with van der Waals surface area (Å²) in [7, 11) is 0.705. The number of amides is 3. The molecule has 12 heteroatoms. The second-order valence-corrected chi connectivity index (χ2v) is 20.7. The number of methoxy groups -OCH3 is 2. The molecule has 2 saturated heterocycles. The van der Waals surface area contributed by atoms with Gasteiger partial charge in [-0.15, -0.1) is 0 Å². The van der Waals surface area contributed by atoms with Crippen molar-refractivity contribution in [2.45, 2.75) is 75.7 Å². The van der Waals surface area contributed by atoms with Crippen molar-refractivity contribution in [1.29, 1.82) is 0 Å². The van der Waals surface area contributed by atoms with Gasteiger partial charge in [-0.05, 0) is 78.5 Å². The number of anilines is 2. The molecule has 11 nitrogen and oxygen atoms in total. The van der Waals surface area contributed by atoms with Crippen molar-refractivity contribution in [3.63, 3.8) is 0 Å². The van der Waals surface area contributed by atoms with Crippen LogP contribution in [0.1, 0.15) is 42.9 Å². The van der Waals surface area contributed by atoms with Gasteiger partial charge in [0.1, 0.15) is 11.5 Å². The topological polar surface area (TPSA) is 130 Å². The second kappa shape index (κ2) is 16.8. The predicted octanol–water partition coefficient (Wildman–Crippen LogP) is 5.57. The minimum absolute atomic E-state index is 0.0420. The third kappa shape index (κ3) is 7.83. The highest BCUT2D eigenvalue weighted by Gasteiger charge is 2.66. The van der Waals surface area contributed by atoms with Crippen molar-refractivity contribution in [1.82, 2.24) is 10.2 Å². The first kappa shape index (κ1) is 40.2.